The van der Waals surface area contributed by atoms with Crippen LogP contribution in [0.1, 0.15) is 25.7 Å². The monoisotopic (exact) mass is 251 g/mol. The normalized spacial score (nSPS) is 23.7. The molecule has 4 nitrogen and oxygen atoms in total. The Morgan fingerprint density at radius 3 is 2.89 bits per heavy atom. The number of pyridine rings is 1. The Morgan fingerprint density at radius 1 is 1.44 bits per heavy atom. The van der Waals surface area contributed by atoms with E-state index in [-0.39, 0.29) is 17.7 Å². The Bertz CT molecular complexity index is 407. The van der Waals surface area contributed by atoms with E-state index in [4.69, 9.17) is 5.73 Å². The molecule has 0 spiro atoms. The standard InChI is InChI=1S/C13H18FN3O/c14-12-6-5-10(8-16-12)17-13(18)11-4-2-1-3-9(11)7-15/h5-6,8-9,11H,1-4,7,15H2,(H,17,18). The van der Waals surface area contributed by atoms with Gasteiger partial charge in [0.2, 0.25) is 11.9 Å². The molecule has 18 heavy (non-hydrogen) atoms. The fraction of sp³-hybridized carbons (Fsp3) is 0.538. The first-order valence-corrected chi connectivity index (χ1v) is 6.33. The van der Waals surface area contributed by atoms with Gasteiger partial charge in [-0.25, -0.2) is 4.98 Å². The van der Waals surface area contributed by atoms with Crippen molar-refractivity contribution in [1.29, 1.82) is 0 Å². The fourth-order valence-electron chi connectivity index (χ4n) is 2.52. The molecule has 0 saturated heterocycles. The molecule has 1 fully saturated rings. The minimum atomic E-state index is -0.550. The summed E-state index contributed by atoms with van der Waals surface area (Å²) in [6.07, 6.45) is 5.42. The zero-order valence-corrected chi connectivity index (χ0v) is 10.2. The predicted octanol–water partition coefficient (Wildman–Crippen LogP) is 1.92. The summed E-state index contributed by atoms with van der Waals surface area (Å²) in [5.41, 5.74) is 6.23. The zero-order chi connectivity index (χ0) is 13.0. The Labute approximate surface area is 106 Å². The summed E-state index contributed by atoms with van der Waals surface area (Å²) in [5, 5.41) is 2.78. The van der Waals surface area contributed by atoms with E-state index >= 15 is 0 Å². The fourth-order valence-corrected chi connectivity index (χ4v) is 2.52. The lowest BCUT2D eigenvalue weighted by atomic mass is 9.79. The number of anilines is 1. The number of nitrogens with one attached hydrogen (secondary N) is 1. The molecular weight excluding hydrogens is 233 g/mol. The van der Waals surface area contributed by atoms with Gasteiger partial charge in [-0.3, -0.25) is 4.79 Å². The van der Waals surface area contributed by atoms with Gasteiger partial charge in [0.15, 0.2) is 0 Å². The summed E-state index contributed by atoms with van der Waals surface area (Å²) in [6, 6.07) is 2.75. The second-order valence-electron chi connectivity index (χ2n) is 4.75. The molecule has 1 aliphatic rings. The summed E-state index contributed by atoms with van der Waals surface area (Å²) >= 11 is 0. The first kappa shape index (κ1) is 13.0. The molecule has 0 radical (unpaired) electrons. The molecule has 3 N–H and O–H groups in total. The molecule has 1 amide bonds. The lowest BCUT2D eigenvalue weighted by molar-refractivity contribution is -0.122. The number of carbonyl (C=O) groups excluding carboxylic acids is 1. The minimum absolute atomic E-state index is 0.0291. The van der Waals surface area contributed by atoms with Gasteiger partial charge in [-0.2, -0.15) is 4.39 Å². The number of hydrogen-bond donors (Lipinski definition) is 2. The molecule has 2 rings (SSSR count). The summed E-state index contributed by atoms with van der Waals surface area (Å²) in [7, 11) is 0. The molecule has 0 aliphatic heterocycles. The number of aromatic nitrogens is 1. The Hall–Kier alpha value is -1.49. The summed E-state index contributed by atoms with van der Waals surface area (Å²) in [4.78, 5) is 15.6. The number of halogens is 1. The van der Waals surface area contributed by atoms with E-state index in [9.17, 15) is 9.18 Å². The van der Waals surface area contributed by atoms with Crippen LogP contribution in [0.25, 0.3) is 0 Å². The lowest BCUT2D eigenvalue weighted by Crippen LogP contribution is -2.35. The van der Waals surface area contributed by atoms with Gasteiger partial charge in [0.1, 0.15) is 0 Å². The van der Waals surface area contributed by atoms with Crippen molar-refractivity contribution in [3.05, 3.63) is 24.3 Å². The average Bonchev–Trinajstić information content (AvgIpc) is 2.41. The van der Waals surface area contributed by atoms with Crippen molar-refractivity contribution in [3.8, 4) is 0 Å². The van der Waals surface area contributed by atoms with Crippen molar-refractivity contribution in [1.82, 2.24) is 4.98 Å². The van der Waals surface area contributed by atoms with Crippen molar-refractivity contribution >= 4 is 11.6 Å². The SMILES string of the molecule is NCC1CCCCC1C(=O)Nc1ccc(F)nc1. The number of carbonyl (C=O) groups is 1. The molecule has 0 aromatic carbocycles. The molecule has 1 aromatic heterocycles. The van der Waals surface area contributed by atoms with Crippen LogP contribution < -0.4 is 11.1 Å². The van der Waals surface area contributed by atoms with Gasteiger partial charge in [-0.1, -0.05) is 12.8 Å². The van der Waals surface area contributed by atoms with E-state index in [2.05, 4.69) is 10.3 Å². The minimum Gasteiger partial charge on any atom is -0.330 e. The third-order valence-electron chi connectivity index (χ3n) is 3.54. The number of rotatable bonds is 3. The van der Waals surface area contributed by atoms with E-state index in [0.717, 1.165) is 25.7 Å². The molecule has 5 heteroatoms. The van der Waals surface area contributed by atoms with E-state index < -0.39 is 5.95 Å². The highest BCUT2D eigenvalue weighted by Gasteiger charge is 2.29. The van der Waals surface area contributed by atoms with Crippen LogP contribution in [0.2, 0.25) is 0 Å². The molecule has 1 aliphatic carbocycles. The van der Waals surface area contributed by atoms with Gasteiger partial charge >= 0.3 is 0 Å². The molecule has 98 valence electrons. The van der Waals surface area contributed by atoms with Crippen LogP contribution in [0.4, 0.5) is 10.1 Å². The van der Waals surface area contributed by atoms with E-state index in [1.54, 1.807) is 0 Å². The number of nitrogens with zero attached hydrogens (tertiary/aromatic N) is 1. The summed E-state index contributed by atoms with van der Waals surface area (Å²) < 4.78 is 12.7. The van der Waals surface area contributed by atoms with Crippen molar-refractivity contribution in [2.75, 3.05) is 11.9 Å². The molecular formula is C13H18FN3O. The Morgan fingerprint density at radius 2 is 2.22 bits per heavy atom. The van der Waals surface area contributed by atoms with Gasteiger partial charge in [0.05, 0.1) is 11.9 Å². The molecule has 0 bridgehead atoms. The van der Waals surface area contributed by atoms with Gasteiger partial charge in [0.25, 0.3) is 0 Å². The van der Waals surface area contributed by atoms with Gasteiger partial charge in [0, 0.05) is 5.92 Å². The highest BCUT2D eigenvalue weighted by molar-refractivity contribution is 5.92. The Balaban J connectivity index is 2.00. The van der Waals surface area contributed by atoms with Gasteiger partial charge in [-0.05, 0) is 37.4 Å². The van der Waals surface area contributed by atoms with Crippen LogP contribution in [-0.2, 0) is 4.79 Å². The second-order valence-corrected chi connectivity index (χ2v) is 4.75. The highest BCUT2D eigenvalue weighted by atomic mass is 19.1. The maximum Gasteiger partial charge on any atom is 0.227 e. The maximum absolute atomic E-state index is 12.7. The van der Waals surface area contributed by atoms with Crippen molar-refractivity contribution in [3.63, 3.8) is 0 Å². The largest absolute Gasteiger partial charge is 0.330 e. The van der Waals surface area contributed by atoms with E-state index in [0.29, 0.717) is 12.2 Å². The molecule has 2 atom stereocenters. The number of hydrogen-bond acceptors (Lipinski definition) is 3. The molecule has 1 heterocycles. The average molecular weight is 251 g/mol. The first-order valence-electron chi connectivity index (χ1n) is 6.33. The van der Waals surface area contributed by atoms with E-state index in [1.807, 2.05) is 0 Å². The zero-order valence-electron chi connectivity index (χ0n) is 10.2. The van der Waals surface area contributed by atoms with Gasteiger partial charge < -0.3 is 11.1 Å². The number of nitrogens with two attached hydrogens (primary N) is 1. The smallest absolute Gasteiger partial charge is 0.227 e. The summed E-state index contributed by atoms with van der Waals surface area (Å²) in [5.74, 6) is -0.356. The topological polar surface area (TPSA) is 68.0 Å². The van der Waals surface area contributed by atoms with Crippen molar-refractivity contribution in [2.45, 2.75) is 25.7 Å². The molecule has 1 aromatic rings. The predicted molar refractivity (Wildman–Crippen MR) is 67.3 cm³/mol. The molecule has 1 saturated carbocycles. The lowest BCUT2D eigenvalue weighted by Gasteiger charge is -2.29. The third-order valence-corrected chi connectivity index (χ3v) is 3.54. The van der Waals surface area contributed by atoms with Crippen LogP contribution in [0, 0.1) is 17.8 Å². The van der Waals surface area contributed by atoms with Crippen LogP contribution in [0.5, 0.6) is 0 Å². The Kier molecular flexibility index (Phi) is 4.25. The van der Waals surface area contributed by atoms with Crippen molar-refractivity contribution < 1.29 is 9.18 Å². The number of amides is 1. The first-order chi connectivity index (χ1) is 8.70. The van der Waals surface area contributed by atoms with Crippen LogP contribution in [-0.4, -0.2) is 17.4 Å². The van der Waals surface area contributed by atoms with Crippen LogP contribution in [0.15, 0.2) is 18.3 Å². The van der Waals surface area contributed by atoms with E-state index in [1.165, 1.54) is 18.3 Å². The third kappa shape index (κ3) is 3.04. The summed E-state index contributed by atoms with van der Waals surface area (Å²) in [6.45, 7) is 0.541. The maximum atomic E-state index is 12.7. The van der Waals surface area contributed by atoms with Crippen LogP contribution in [0.3, 0.4) is 0 Å². The van der Waals surface area contributed by atoms with Gasteiger partial charge in [-0.15, -0.1) is 0 Å². The quantitative estimate of drug-likeness (QED) is 0.806. The molecule has 2 unspecified atom stereocenters. The highest BCUT2D eigenvalue weighted by Crippen LogP contribution is 2.30. The second kappa shape index (κ2) is 5.91. The van der Waals surface area contributed by atoms with Crippen LogP contribution >= 0.6 is 0 Å². The van der Waals surface area contributed by atoms with Crippen molar-refractivity contribution in [2.24, 2.45) is 17.6 Å².